The maximum absolute atomic E-state index is 13.2. The Labute approximate surface area is 210 Å². The summed E-state index contributed by atoms with van der Waals surface area (Å²) < 4.78 is 5.79. The van der Waals surface area contributed by atoms with Crippen LogP contribution in [0.15, 0.2) is 60.7 Å². The standard InChI is InChI=1S/C28H30N4O2S/c1-3-18-34-28-29-25(24-19-23(4-2)35-26(24)30-28)31-14-16-32(17-15-31)27(33)22-12-10-21(11-13-22)20-8-6-5-7-9-20/h5-13,19H,3-4,14-18H2,1-2H3. The van der Waals surface area contributed by atoms with Gasteiger partial charge in [0.15, 0.2) is 0 Å². The van der Waals surface area contributed by atoms with Crippen molar-refractivity contribution in [2.24, 2.45) is 0 Å². The molecule has 0 radical (unpaired) electrons. The number of carbonyl (C=O) groups is 1. The zero-order valence-corrected chi connectivity index (χ0v) is 21.1. The third-order valence-electron chi connectivity index (χ3n) is 6.29. The summed E-state index contributed by atoms with van der Waals surface area (Å²) in [5, 5.41) is 1.08. The third-order valence-corrected chi connectivity index (χ3v) is 7.47. The van der Waals surface area contributed by atoms with Gasteiger partial charge in [0, 0.05) is 36.6 Å². The number of aryl methyl sites for hydroxylation is 1. The summed E-state index contributed by atoms with van der Waals surface area (Å²) >= 11 is 1.70. The SMILES string of the molecule is CCCOc1nc(N2CCN(C(=O)c3ccc(-c4ccccc4)cc3)CC2)c2cc(CC)sc2n1. The van der Waals surface area contributed by atoms with Gasteiger partial charge in [-0.1, -0.05) is 56.3 Å². The highest BCUT2D eigenvalue weighted by molar-refractivity contribution is 7.18. The molecule has 1 aliphatic heterocycles. The number of thiophene rings is 1. The molecule has 0 bridgehead atoms. The number of piperazine rings is 1. The summed E-state index contributed by atoms with van der Waals surface area (Å²) in [4.78, 5) is 29.0. The molecule has 0 unspecified atom stereocenters. The van der Waals surface area contributed by atoms with Gasteiger partial charge < -0.3 is 14.5 Å². The van der Waals surface area contributed by atoms with Crippen molar-refractivity contribution < 1.29 is 9.53 Å². The fraction of sp³-hybridized carbons (Fsp3) is 0.321. The number of carbonyl (C=O) groups excluding carboxylic acids is 1. The maximum atomic E-state index is 13.2. The lowest BCUT2D eigenvalue weighted by molar-refractivity contribution is 0.0746. The van der Waals surface area contributed by atoms with Crippen LogP contribution < -0.4 is 9.64 Å². The van der Waals surface area contributed by atoms with Crippen molar-refractivity contribution >= 4 is 33.3 Å². The number of ether oxygens (including phenoxy) is 1. The van der Waals surface area contributed by atoms with E-state index in [9.17, 15) is 4.79 Å². The topological polar surface area (TPSA) is 58.6 Å². The van der Waals surface area contributed by atoms with E-state index < -0.39 is 0 Å². The van der Waals surface area contributed by atoms with Crippen LogP contribution in [0.5, 0.6) is 6.01 Å². The predicted molar refractivity (Wildman–Crippen MR) is 143 cm³/mol. The van der Waals surface area contributed by atoms with Crippen molar-refractivity contribution in [1.82, 2.24) is 14.9 Å². The molecule has 2 aromatic heterocycles. The molecule has 0 atom stereocenters. The summed E-state index contributed by atoms with van der Waals surface area (Å²) in [5.41, 5.74) is 2.99. The van der Waals surface area contributed by atoms with Gasteiger partial charge in [-0.15, -0.1) is 11.3 Å². The number of hydrogen-bond donors (Lipinski definition) is 0. The second kappa shape index (κ2) is 10.4. The van der Waals surface area contributed by atoms with Crippen molar-refractivity contribution in [2.45, 2.75) is 26.7 Å². The van der Waals surface area contributed by atoms with Gasteiger partial charge in [-0.2, -0.15) is 9.97 Å². The number of hydrogen-bond acceptors (Lipinski definition) is 6. The summed E-state index contributed by atoms with van der Waals surface area (Å²) in [6, 6.07) is 20.8. The van der Waals surface area contributed by atoms with Crippen LogP contribution in [0.3, 0.4) is 0 Å². The van der Waals surface area contributed by atoms with Gasteiger partial charge in [-0.05, 0) is 42.2 Å². The van der Waals surface area contributed by atoms with Gasteiger partial charge in [-0.25, -0.2) is 0 Å². The van der Waals surface area contributed by atoms with Gasteiger partial charge in [0.25, 0.3) is 5.91 Å². The summed E-state index contributed by atoms with van der Waals surface area (Å²) in [5.74, 6) is 0.990. The molecule has 0 saturated carbocycles. The minimum atomic E-state index is 0.0767. The summed E-state index contributed by atoms with van der Waals surface area (Å²) in [6.45, 7) is 7.59. The lowest BCUT2D eigenvalue weighted by Crippen LogP contribution is -2.49. The number of fused-ring (bicyclic) bond motifs is 1. The average Bonchev–Trinajstić information content (AvgIpc) is 3.35. The van der Waals surface area contributed by atoms with Crippen LogP contribution >= 0.6 is 11.3 Å². The molecule has 0 N–H and O–H groups in total. The molecule has 3 heterocycles. The Balaban J connectivity index is 1.30. The van der Waals surface area contributed by atoms with Crippen LogP contribution in [0.2, 0.25) is 0 Å². The largest absolute Gasteiger partial charge is 0.463 e. The normalized spacial score (nSPS) is 13.9. The second-order valence-electron chi connectivity index (χ2n) is 8.69. The highest BCUT2D eigenvalue weighted by Gasteiger charge is 2.25. The fourth-order valence-electron chi connectivity index (χ4n) is 4.35. The number of anilines is 1. The molecule has 1 amide bonds. The van der Waals surface area contributed by atoms with Crippen molar-refractivity contribution in [3.05, 3.63) is 71.1 Å². The minimum absolute atomic E-state index is 0.0767. The van der Waals surface area contributed by atoms with Gasteiger partial charge in [-0.3, -0.25) is 4.79 Å². The molecule has 35 heavy (non-hydrogen) atoms. The number of rotatable bonds is 7. The molecule has 7 heteroatoms. The molecule has 6 nitrogen and oxygen atoms in total. The van der Waals surface area contributed by atoms with Crippen LogP contribution in [-0.2, 0) is 6.42 Å². The Morgan fingerprint density at radius 1 is 0.943 bits per heavy atom. The van der Waals surface area contributed by atoms with Crippen molar-refractivity contribution in [3.8, 4) is 17.1 Å². The predicted octanol–water partition coefficient (Wildman–Crippen LogP) is 5.67. The lowest BCUT2D eigenvalue weighted by atomic mass is 10.0. The first-order valence-electron chi connectivity index (χ1n) is 12.3. The van der Waals surface area contributed by atoms with Crippen LogP contribution in [0.25, 0.3) is 21.3 Å². The number of amides is 1. The van der Waals surface area contributed by atoms with E-state index >= 15 is 0 Å². The zero-order valence-electron chi connectivity index (χ0n) is 20.2. The van der Waals surface area contributed by atoms with E-state index in [-0.39, 0.29) is 5.91 Å². The Morgan fingerprint density at radius 3 is 2.34 bits per heavy atom. The Morgan fingerprint density at radius 2 is 1.66 bits per heavy atom. The van der Waals surface area contributed by atoms with Crippen molar-refractivity contribution in [2.75, 3.05) is 37.7 Å². The van der Waals surface area contributed by atoms with Gasteiger partial charge in [0.1, 0.15) is 10.6 Å². The van der Waals surface area contributed by atoms with Gasteiger partial charge in [0.05, 0.1) is 12.0 Å². The molecule has 180 valence electrons. The number of nitrogens with zero attached hydrogens (tertiary/aromatic N) is 4. The van der Waals surface area contributed by atoms with Crippen molar-refractivity contribution in [1.29, 1.82) is 0 Å². The van der Waals surface area contributed by atoms with E-state index in [1.807, 2.05) is 47.4 Å². The lowest BCUT2D eigenvalue weighted by Gasteiger charge is -2.35. The first-order valence-corrected chi connectivity index (χ1v) is 13.1. The first kappa shape index (κ1) is 23.3. The highest BCUT2D eigenvalue weighted by Crippen LogP contribution is 2.33. The molecular formula is C28H30N4O2S. The Hall–Kier alpha value is -3.45. The zero-order chi connectivity index (χ0) is 24.2. The summed E-state index contributed by atoms with van der Waals surface area (Å²) in [6.07, 6.45) is 1.88. The van der Waals surface area contributed by atoms with E-state index in [0.717, 1.165) is 58.7 Å². The van der Waals surface area contributed by atoms with E-state index in [2.05, 4.69) is 41.9 Å². The van der Waals surface area contributed by atoms with Crippen LogP contribution in [-0.4, -0.2) is 53.6 Å². The maximum Gasteiger partial charge on any atom is 0.319 e. The summed E-state index contributed by atoms with van der Waals surface area (Å²) in [7, 11) is 0. The van der Waals surface area contributed by atoms with Gasteiger partial charge in [0.2, 0.25) is 0 Å². The van der Waals surface area contributed by atoms with Crippen LogP contribution in [0, 0.1) is 0 Å². The monoisotopic (exact) mass is 486 g/mol. The molecule has 1 fully saturated rings. The van der Waals surface area contributed by atoms with Gasteiger partial charge >= 0.3 is 6.01 Å². The minimum Gasteiger partial charge on any atom is -0.463 e. The van der Waals surface area contributed by atoms with E-state index in [4.69, 9.17) is 9.72 Å². The molecule has 1 aliphatic rings. The molecule has 4 aromatic rings. The fourth-order valence-corrected chi connectivity index (χ4v) is 5.30. The molecule has 5 rings (SSSR count). The molecule has 0 spiro atoms. The molecule has 2 aromatic carbocycles. The van der Waals surface area contributed by atoms with Crippen molar-refractivity contribution in [3.63, 3.8) is 0 Å². The molecule has 1 saturated heterocycles. The number of benzene rings is 2. The highest BCUT2D eigenvalue weighted by atomic mass is 32.1. The van der Waals surface area contributed by atoms with E-state index in [1.165, 1.54) is 4.88 Å². The first-order chi connectivity index (χ1) is 17.2. The van der Waals surface area contributed by atoms with E-state index in [0.29, 0.717) is 25.7 Å². The molecular weight excluding hydrogens is 456 g/mol. The Bertz CT molecular complexity index is 1300. The van der Waals surface area contributed by atoms with Crippen LogP contribution in [0.1, 0.15) is 35.5 Å². The van der Waals surface area contributed by atoms with E-state index in [1.54, 1.807) is 11.3 Å². The molecule has 0 aliphatic carbocycles. The van der Waals surface area contributed by atoms with Crippen LogP contribution in [0.4, 0.5) is 5.82 Å². The smallest absolute Gasteiger partial charge is 0.319 e. The number of aromatic nitrogens is 2. The quantitative estimate of drug-likeness (QED) is 0.337. The second-order valence-corrected chi connectivity index (χ2v) is 9.80. The Kier molecular flexibility index (Phi) is 6.95. The average molecular weight is 487 g/mol. The third kappa shape index (κ3) is 5.00.